The fraction of sp³-hybridized carbons (Fsp3) is 0.476. The fourth-order valence-electron chi connectivity index (χ4n) is 3.74. The van der Waals surface area contributed by atoms with Crippen LogP contribution in [0.25, 0.3) is 11.6 Å². The van der Waals surface area contributed by atoms with Gasteiger partial charge in [-0.1, -0.05) is 45.0 Å². The summed E-state index contributed by atoms with van der Waals surface area (Å²) < 4.78 is 5.23. The second-order valence-electron chi connectivity index (χ2n) is 8.22. The highest BCUT2D eigenvalue weighted by molar-refractivity contribution is 5.81. The van der Waals surface area contributed by atoms with Gasteiger partial charge in [0.15, 0.2) is 5.76 Å². The SMILES string of the molecule is CC(=Cc1ccno1)c1cc2c(cc1C)C(C)(C)CCC2(C)C. The minimum Gasteiger partial charge on any atom is -0.357 e. The predicted octanol–water partition coefficient (Wildman–Crippen LogP) is 5.89. The number of nitrogens with zero attached hydrogens (tertiary/aromatic N) is 1. The Hall–Kier alpha value is -1.83. The molecule has 0 spiro atoms. The minimum atomic E-state index is 0.236. The van der Waals surface area contributed by atoms with Crippen molar-refractivity contribution < 1.29 is 4.52 Å². The summed E-state index contributed by atoms with van der Waals surface area (Å²) in [4.78, 5) is 0. The van der Waals surface area contributed by atoms with Gasteiger partial charge in [0.05, 0.1) is 6.20 Å². The van der Waals surface area contributed by atoms with Gasteiger partial charge in [-0.2, -0.15) is 0 Å². The zero-order valence-electron chi connectivity index (χ0n) is 15.2. The Labute approximate surface area is 139 Å². The molecular weight excluding hydrogens is 282 g/mol. The van der Waals surface area contributed by atoms with E-state index in [0.717, 1.165) is 5.76 Å². The van der Waals surface area contributed by atoms with Gasteiger partial charge in [0, 0.05) is 6.07 Å². The van der Waals surface area contributed by atoms with Crippen LogP contribution >= 0.6 is 0 Å². The largest absolute Gasteiger partial charge is 0.357 e. The minimum absolute atomic E-state index is 0.236. The maximum atomic E-state index is 5.23. The molecule has 1 heterocycles. The molecule has 1 aliphatic carbocycles. The van der Waals surface area contributed by atoms with Crippen LogP contribution in [0.15, 0.2) is 28.9 Å². The molecule has 2 heteroatoms. The van der Waals surface area contributed by atoms with Crippen molar-refractivity contribution in [1.29, 1.82) is 0 Å². The van der Waals surface area contributed by atoms with E-state index < -0.39 is 0 Å². The first-order chi connectivity index (χ1) is 10.7. The van der Waals surface area contributed by atoms with Gasteiger partial charge in [-0.3, -0.25) is 0 Å². The van der Waals surface area contributed by atoms with E-state index in [4.69, 9.17) is 4.52 Å². The Morgan fingerprint density at radius 2 is 1.70 bits per heavy atom. The van der Waals surface area contributed by atoms with E-state index in [1.807, 2.05) is 6.07 Å². The van der Waals surface area contributed by atoms with Crippen molar-refractivity contribution in [3.63, 3.8) is 0 Å². The first kappa shape index (κ1) is 16.0. The molecule has 0 N–H and O–H groups in total. The maximum Gasteiger partial charge on any atom is 0.159 e. The van der Waals surface area contributed by atoms with Crippen LogP contribution in [-0.2, 0) is 10.8 Å². The van der Waals surface area contributed by atoms with Crippen molar-refractivity contribution in [3.05, 3.63) is 52.4 Å². The van der Waals surface area contributed by atoms with Gasteiger partial charge in [-0.15, -0.1) is 0 Å². The number of hydrogen-bond acceptors (Lipinski definition) is 2. The average molecular weight is 309 g/mol. The monoisotopic (exact) mass is 309 g/mol. The van der Waals surface area contributed by atoms with Crippen LogP contribution in [0.1, 0.15) is 75.5 Å². The summed E-state index contributed by atoms with van der Waals surface area (Å²) in [5, 5.41) is 3.78. The molecule has 0 amide bonds. The summed E-state index contributed by atoms with van der Waals surface area (Å²) in [6.45, 7) is 13.9. The van der Waals surface area contributed by atoms with Crippen LogP contribution < -0.4 is 0 Å². The van der Waals surface area contributed by atoms with E-state index >= 15 is 0 Å². The molecule has 0 saturated heterocycles. The number of fused-ring (bicyclic) bond motifs is 1. The van der Waals surface area contributed by atoms with Crippen LogP contribution in [0.5, 0.6) is 0 Å². The van der Waals surface area contributed by atoms with Gasteiger partial charge in [0.1, 0.15) is 0 Å². The van der Waals surface area contributed by atoms with Crippen LogP contribution in [0.2, 0.25) is 0 Å². The Balaban J connectivity index is 2.14. The lowest BCUT2D eigenvalue weighted by molar-refractivity contribution is 0.331. The molecular formula is C21H27NO. The summed E-state index contributed by atoms with van der Waals surface area (Å²) in [6, 6.07) is 6.71. The molecule has 0 unspecified atom stereocenters. The summed E-state index contributed by atoms with van der Waals surface area (Å²) in [7, 11) is 0. The third kappa shape index (κ3) is 2.87. The molecule has 0 bridgehead atoms. The van der Waals surface area contributed by atoms with Crippen molar-refractivity contribution in [1.82, 2.24) is 5.16 Å². The highest BCUT2D eigenvalue weighted by Gasteiger charge is 2.37. The smallest absolute Gasteiger partial charge is 0.159 e. The Morgan fingerprint density at radius 1 is 1.09 bits per heavy atom. The lowest BCUT2D eigenvalue weighted by Gasteiger charge is -2.42. The van der Waals surface area contributed by atoms with E-state index in [1.165, 1.54) is 40.7 Å². The molecule has 2 aromatic rings. The zero-order valence-corrected chi connectivity index (χ0v) is 15.2. The summed E-state index contributed by atoms with van der Waals surface area (Å²) >= 11 is 0. The number of hydrogen-bond donors (Lipinski definition) is 0. The lowest BCUT2D eigenvalue weighted by atomic mass is 9.62. The van der Waals surface area contributed by atoms with E-state index in [2.05, 4.69) is 64.9 Å². The first-order valence-corrected chi connectivity index (χ1v) is 8.46. The molecule has 1 aliphatic rings. The molecule has 3 rings (SSSR count). The maximum absolute atomic E-state index is 5.23. The van der Waals surface area contributed by atoms with Gasteiger partial charge in [0.2, 0.25) is 0 Å². The molecule has 0 radical (unpaired) electrons. The van der Waals surface area contributed by atoms with Crippen LogP contribution in [0.3, 0.4) is 0 Å². The molecule has 0 atom stereocenters. The summed E-state index contributed by atoms with van der Waals surface area (Å²) in [6.07, 6.45) is 6.24. The van der Waals surface area contributed by atoms with Crippen molar-refractivity contribution >= 4 is 11.6 Å². The molecule has 1 aromatic carbocycles. The van der Waals surface area contributed by atoms with E-state index in [9.17, 15) is 0 Å². The highest BCUT2D eigenvalue weighted by Crippen LogP contribution is 2.47. The average Bonchev–Trinajstić information content (AvgIpc) is 2.96. The van der Waals surface area contributed by atoms with Crippen LogP contribution in [-0.4, -0.2) is 5.16 Å². The number of aromatic nitrogens is 1. The van der Waals surface area contributed by atoms with E-state index in [1.54, 1.807) is 6.20 Å². The Morgan fingerprint density at radius 3 is 2.26 bits per heavy atom. The zero-order chi connectivity index (χ0) is 16.8. The highest BCUT2D eigenvalue weighted by atomic mass is 16.5. The molecule has 2 nitrogen and oxygen atoms in total. The van der Waals surface area contributed by atoms with Gasteiger partial charge in [0.25, 0.3) is 0 Å². The number of aryl methyl sites for hydroxylation is 1. The van der Waals surface area contributed by atoms with Crippen molar-refractivity contribution in [2.75, 3.05) is 0 Å². The van der Waals surface area contributed by atoms with Crippen molar-refractivity contribution in [2.45, 2.75) is 65.2 Å². The summed E-state index contributed by atoms with van der Waals surface area (Å²) in [5.74, 6) is 0.805. The second kappa shape index (κ2) is 5.36. The third-order valence-electron chi connectivity index (χ3n) is 5.44. The molecule has 23 heavy (non-hydrogen) atoms. The molecule has 0 saturated carbocycles. The standard InChI is InChI=1S/C21H27NO/c1-14(11-16-7-10-22-23-16)17-13-19-18(12-15(17)2)20(3,4)8-9-21(19,5)6/h7,10-13H,8-9H2,1-6H3. The summed E-state index contributed by atoms with van der Waals surface area (Å²) in [5.41, 5.74) is 7.38. The number of benzene rings is 1. The normalized spacial score (nSPS) is 19.5. The van der Waals surface area contributed by atoms with Crippen molar-refractivity contribution in [2.24, 2.45) is 0 Å². The van der Waals surface area contributed by atoms with E-state index in [0.29, 0.717) is 0 Å². The van der Waals surface area contributed by atoms with Gasteiger partial charge in [-0.05, 0) is 71.4 Å². The van der Waals surface area contributed by atoms with Gasteiger partial charge in [-0.25, -0.2) is 0 Å². The first-order valence-electron chi connectivity index (χ1n) is 8.46. The lowest BCUT2D eigenvalue weighted by Crippen LogP contribution is -2.34. The van der Waals surface area contributed by atoms with Crippen molar-refractivity contribution in [3.8, 4) is 0 Å². The van der Waals surface area contributed by atoms with Crippen LogP contribution in [0.4, 0.5) is 0 Å². The molecule has 122 valence electrons. The van der Waals surface area contributed by atoms with Gasteiger partial charge < -0.3 is 4.52 Å². The Bertz CT molecular complexity index is 748. The van der Waals surface area contributed by atoms with Crippen LogP contribution in [0, 0.1) is 6.92 Å². The molecule has 0 fully saturated rings. The van der Waals surface area contributed by atoms with E-state index in [-0.39, 0.29) is 10.8 Å². The second-order valence-corrected chi connectivity index (χ2v) is 8.22. The number of rotatable bonds is 2. The topological polar surface area (TPSA) is 26.0 Å². The molecule has 0 aliphatic heterocycles. The Kier molecular flexibility index (Phi) is 3.74. The number of allylic oxidation sites excluding steroid dienone is 1. The quantitative estimate of drug-likeness (QED) is 0.691. The fourth-order valence-corrected chi connectivity index (χ4v) is 3.74. The predicted molar refractivity (Wildman–Crippen MR) is 96.5 cm³/mol. The third-order valence-corrected chi connectivity index (χ3v) is 5.44. The molecule has 1 aromatic heterocycles. The van der Waals surface area contributed by atoms with Gasteiger partial charge >= 0.3 is 0 Å².